The number of anilines is 1. The van der Waals surface area contributed by atoms with Crippen LogP contribution < -0.4 is 4.90 Å². The third-order valence-electron chi connectivity index (χ3n) is 9.43. The molecular formula is C35H42N2O5S. The Morgan fingerprint density at radius 3 is 2.58 bits per heavy atom. The Hall–Kier alpha value is -3.36. The summed E-state index contributed by atoms with van der Waals surface area (Å²) < 4.78 is 4.38. The molecule has 7 nitrogen and oxygen atoms in total. The maximum absolute atomic E-state index is 15.0. The van der Waals surface area contributed by atoms with Crippen LogP contribution in [0.15, 0.2) is 73.8 Å². The Balaban J connectivity index is 1.63. The lowest BCUT2D eigenvalue weighted by atomic mass is 9.66. The number of nitrogens with zero attached hydrogens (tertiary/aromatic N) is 2. The van der Waals surface area contributed by atoms with Crippen LogP contribution in [-0.4, -0.2) is 63.1 Å². The zero-order valence-electron chi connectivity index (χ0n) is 25.3. The molecule has 3 aliphatic rings. The van der Waals surface area contributed by atoms with E-state index < -0.39 is 33.4 Å². The minimum absolute atomic E-state index is 0.226. The summed E-state index contributed by atoms with van der Waals surface area (Å²) in [5.74, 6) is -2.31. The van der Waals surface area contributed by atoms with Gasteiger partial charge in [0.2, 0.25) is 5.91 Å². The van der Waals surface area contributed by atoms with Crippen LogP contribution >= 0.6 is 11.8 Å². The molecule has 2 unspecified atom stereocenters. The molecule has 2 bridgehead atoms. The van der Waals surface area contributed by atoms with E-state index in [0.717, 1.165) is 28.8 Å². The van der Waals surface area contributed by atoms with E-state index in [-0.39, 0.29) is 37.5 Å². The fraction of sp³-hybridized carbons (Fsp3) is 0.457. The van der Waals surface area contributed by atoms with Crippen molar-refractivity contribution in [2.45, 2.75) is 68.0 Å². The fourth-order valence-electron chi connectivity index (χ4n) is 7.45. The first kappa shape index (κ1) is 31.1. The lowest BCUT2D eigenvalue weighted by molar-refractivity contribution is -0.156. The Bertz CT molecular complexity index is 1410. The highest BCUT2D eigenvalue weighted by atomic mass is 32.2. The first-order valence-electron chi connectivity index (χ1n) is 15.1. The number of aliphatic hydroxyl groups is 1. The van der Waals surface area contributed by atoms with E-state index in [9.17, 15) is 14.7 Å². The van der Waals surface area contributed by atoms with Gasteiger partial charge >= 0.3 is 5.97 Å². The first-order valence-corrected chi connectivity index (χ1v) is 15.9. The van der Waals surface area contributed by atoms with Crippen molar-refractivity contribution in [1.29, 1.82) is 0 Å². The second-order valence-electron chi connectivity index (χ2n) is 12.2. The van der Waals surface area contributed by atoms with Crippen molar-refractivity contribution < 1.29 is 24.2 Å². The Morgan fingerprint density at radius 1 is 1.16 bits per heavy atom. The van der Waals surface area contributed by atoms with Gasteiger partial charge in [-0.05, 0) is 69.2 Å². The molecule has 3 saturated heterocycles. The molecule has 2 amide bonds. The molecule has 3 heterocycles. The van der Waals surface area contributed by atoms with Gasteiger partial charge in [0.25, 0.3) is 5.91 Å². The van der Waals surface area contributed by atoms with Crippen LogP contribution in [0.2, 0.25) is 0 Å². The van der Waals surface area contributed by atoms with Crippen LogP contribution in [0.4, 0.5) is 5.69 Å². The molecule has 1 spiro atoms. The molecular weight excluding hydrogens is 560 g/mol. The number of aliphatic hydroxyl groups excluding tert-OH is 1. The fourth-order valence-corrected chi connectivity index (χ4v) is 9.78. The molecule has 43 heavy (non-hydrogen) atoms. The van der Waals surface area contributed by atoms with Gasteiger partial charge in [-0.3, -0.25) is 14.4 Å². The molecule has 6 atom stereocenters. The van der Waals surface area contributed by atoms with E-state index in [1.54, 1.807) is 33.7 Å². The van der Waals surface area contributed by atoms with Gasteiger partial charge in [-0.1, -0.05) is 54.6 Å². The molecule has 0 aromatic heterocycles. The number of unbranched alkanes of at least 4 members (excludes halogenated alkanes) is 1. The topological polar surface area (TPSA) is 87.1 Å². The minimum atomic E-state index is -0.896. The number of rotatable bonds is 12. The monoisotopic (exact) mass is 602 g/mol. The van der Waals surface area contributed by atoms with E-state index in [0.29, 0.717) is 19.3 Å². The van der Waals surface area contributed by atoms with Gasteiger partial charge < -0.3 is 19.6 Å². The number of amides is 2. The van der Waals surface area contributed by atoms with E-state index >= 15 is 4.79 Å². The minimum Gasteiger partial charge on any atom is -0.465 e. The smallest absolute Gasteiger partial charge is 0.311 e. The molecule has 0 aliphatic carbocycles. The zero-order chi connectivity index (χ0) is 30.9. The quantitative estimate of drug-likeness (QED) is 0.195. The lowest BCUT2D eigenvalue weighted by Crippen LogP contribution is -2.56. The second kappa shape index (κ2) is 12.3. The Labute approximate surface area is 259 Å². The van der Waals surface area contributed by atoms with E-state index in [4.69, 9.17) is 4.74 Å². The number of hydrogen-bond donors (Lipinski definition) is 1. The average molecular weight is 603 g/mol. The van der Waals surface area contributed by atoms with Crippen LogP contribution in [0.5, 0.6) is 0 Å². The van der Waals surface area contributed by atoms with Crippen molar-refractivity contribution >= 4 is 35.2 Å². The molecule has 1 N–H and O–H groups in total. The van der Waals surface area contributed by atoms with E-state index in [1.165, 1.54) is 0 Å². The van der Waals surface area contributed by atoms with Gasteiger partial charge in [0.1, 0.15) is 6.04 Å². The number of esters is 1. The SMILES string of the molecule is C=CCCCOC(=O)[C@H]1[C@H]2C(=O)N([C@H](CO)c3ccccc3)C(C(=O)N(CC=C)c3cc(C)ccc3C)C23CC[C@]1(C)S3. The summed E-state index contributed by atoms with van der Waals surface area (Å²) in [7, 11) is 0. The summed E-state index contributed by atoms with van der Waals surface area (Å²) in [6, 6.07) is 13.7. The number of allylic oxidation sites excluding steroid dienone is 1. The molecule has 2 aromatic carbocycles. The summed E-state index contributed by atoms with van der Waals surface area (Å²) in [6.45, 7) is 13.8. The van der Waals surface area contributed by atoms with Crippen molar-refractivity contribution in [2.75, 3.05) is 24.7 Å². The average Bonchev–Trinajstić information content (AvgIpc) is 3.57. The third-order valence-corrected chi connectivity index (χ3v) is 11.4. The van der Waals surface area contributed by atoms with Crippen molar-refractivity contribution in [3.8, 4) is 0 Å². The number of benzene rings is 2. The predicted octanol–water partition coefficient (Wildman–Crippen LogP) is 5.55. The van der Waals surface area contributed by atoms with Gasteiger partial charge in [0.05, 0.1) is 35.8 Å². The van der Waals surface area contributed by atoms with E-state index in [1.807, 2.05) is 69.3 Å². The summed E-state index contributed by atoms with van der Waals surface area (Å²) in [5, 5.41) is 10.8. The van der Waals surface area contributed by atoms with Crippen molar-refractivity contribution in [3.05, 3.63) is 90.5 Å². The van der Waals surface area contributed by atoms with Gasteiger partial charge in [0.15, 0.2) is 0 Å². The second-order valence-corrected chi connectivity index (χ2v) is 14.1. The lowest BCUT2D eigenvalue weighted by Gasteiger charge is -2.40. The van der Waals surface area contributed by atoms with Crippen LogP contribution in [0, 0.1) is 25.7 Å². The number of carbonyl (C=O) groups excluding carboxylic acids is 3. The van der Waals surface area contributed by atoms with Crippen LogP contribution in [0.25, 0.3) is 0 Å². The number of ether oxygens (including phenoxy) is 1. The highest BCUT2D eigenvalue weighted by molar-refractivity contribution is 8.02. The van der Waals surface area contributed by atoms with Crippen molar-refractivity contribution in [3.63, 3.8) is 0 Å². The molecule has 0 radical (unpaired) electrons. The summed E-state index contributed by atoms with van der Waals surface area (Å²) in [5.41, 5.74) is 3.45. The molecule has 5 rings (SSSR count). The molecule has 0 saturated carbocycles. The van der Waals surface area contributed by atoms with Crippen molar-refractivity contribution in [2.24, 2.45) is 11.8 Å². The number of thioether (sulfide) groups is 1. The summed E-state index contributed by atoms with van der Waals surface area (Å²) >= 11 is 1.60. The van der Waals surface area contributed by atoms with Gasteiger partial charge in [0, 0.05) is 17.0 Å². The number of hydrogen-bond acceptors (Lipinski definition) is 6. The van der Waals surface area contributed by atoms with Crippen LogP contribution in [0.3, 0.4) is 0 Å². The molecule has 3 aliphatic heterocycles. The Kier molecular flexibility index (Phi) is 8.91. The maximum Gasteiger partial charge on any atom is 0.311 e. The number of aryl methyl sites for hydroxylation is 2. The van der Waals surface area contributed by atoms with Gasteiger partial charge in [-0.15, -0.1) is 24.9 Å². The largest absolute Gasteiger partial charge is 0.465 e. The zero-order valence-corrected chi connectivity index (χ0v) is 26.1. The number of fused-ring (bicyclic) bond motifs is 1. The Morgan fingerprint density at radius 2 is 1.91 bits per heavy atom. The van der Waals surface area contributed by atoms with Crippen LogP contribution in [-0.2, 0) is 19.1 Å². The van der Waals surface area contributed by atoms with Crippen molar-refractivity contribution in [1.82, 2.24) is 4.90 Å². The highest BCUT2D eigenvalue weighted by Gasteiger charge is 2.78. The molecule has 228 valence electrons. The number of carbonyl (C=O) groups is 3. The highest BCUT2D eigenvalue weighted by Crippen LogP contribution is 2.72. The summed E-state index contributed by atoms with van der Waals surface area (Å²) in [4.78, 5) is 46.8. The van der Waals surface area contributed by atoms with Gasteiger partial charge in [-0.2, -0.15) is 0 Å². The van der Waals surface area contributed by atoms with Crippen LogP contribution in [0.1, 0.15) is 55.3 Å². The normalized spacial score (nSPS) is 28.0. The molecule has 2 aromatic rings. The van der Waals surface area contributed by atoms with E-state index in [2.05, 4.69) is 13.2 Å². The standard InChI is InChI=1S/C35H42N2O5S/c1-6-8-12-20-42-33(41)29-28-31(39)37(27(22-38)25-13-10-9-11-14-25)30(35(28)18-17-34(29,5)43-35)32(40)36(19-7-2)26-21-23(3)15-16-24(26)4/h6-7,9-11,13-16,21,27-30,38H,1-2,8,12,17-20,22H2,3-5H3/t27-,28+,29-,30?,34+,35?/m1/s1. The predicted molar refractivity (Wildman–Crippen MR) is 171 cm³/mol. The molecule has 8 heteroatoms. The molecule has 3 fully saturated rings. The first-order chi connectivity index (χ1) is 20.6. The number of likely N-dealkylation sites (tertiary alicyclic amines) is 1. The maximum atomic E-state index is 15.0. The van der Waals surface area contributed by atoms with Gasteiger partial charge in [-0.25, -0.2) is 0 Å². The summed E-state index contributed by atoms with van der Waals surface area (Å²) in [6.07, 6.45) is 6.17. The third kappa shape index (κ3) is 5.22.